The molecule has 0 aromatic carbocycles. The van der Waals surface area contributed by atoms with Crippen LogP contribution in [0.2, 0.25) is 0 Å². The van der Waals surface area contributed by atoms with E-state index in [0.29, 0.717) is 5.92 Å². The summed E-state index contributed by atoms with van der Waals surface area (Å²) in [6, 6.07) is 1.98. The SMILES string of the molecule is CC(CO)Cc1ccn(C)n1. The van der Waals surface area contributed by atoms with Crippen molar-refractivity contribution in [3.05, 3.63) is 18.0 Å². The van der Waals surface area contributed by atoms with Crippen LogP contribution in [0.1, 0.15) is 12.6 Å². The number of hydrogen-bond acceptors (Lipinski definition) is 2. The molecule has 1 rings (SSSR count). The minimum atomic E-state index is 0.233. The van der Waals surface area contributed by atoms with Crippen LogP contribution in [0.3, 0.4) is 0 Å². The summed E-state index contributed by atoms with van der Waals surface area (Å²) < 4.78 is 1.78. The second kappa shape index (κ2) is 3.53. The van der Waals surface area contributed by atoms with E-state index in [2.05, 4.69) is 5.10 Å². The van der Waals surface area contributed by atoms with Crippen molar-refractivity contribution in [2.24, 2.45) is 13.0 Å². The molecule has 11 heavy (non-hydrogen) atoms. The van der Waals surface area contributed by atoms with Crippen LogP contribution < -0.4 is 0 Å². The average Bonchev–Trinajstić information content (AvgIpc) is 2.35. The van der Waals surface area contributed by atoms with E-state index >= 15 is 0 Å². The molecule has 1 unspecified atom stereocenters. The number of rotatable bonds is 3. The lowest BCUT2D eigenvalue weighted by molar-refractivity contribution is 0.236. The van der Waals surface area contributed by atoms with Crippen molar-refractivity contribution in [2.45, 2.75) is 13.3 Å². The van der Waals surface area contributed by atoms with E-state index in [4.69, 9.17) is 5.11 Å². The Bertz CT molecular complexity index is 220. The van der Waals surface area contributed by atoms with Gasteiger partial charge in [0.25, 0.3) is 0 Å². The highest BCUT2D eigenvalue weighted by Gasteiger charge is 2.03. The maximum Gasteiger partial charge on any atom is 0.0628 e. The molecule has 1 atom stereocenters. The quantitative estimate of drug-likeness (QED) is 0.692. The second-order valence-electron chi connectivity index (χ2n) is 2.97. The molecule has 0 bridgehead atoms. The molecule has 0 fully saturated rings. The molecular weight excluding hydrogens is 140 g/mol. The van der Waals surface area contributed by atoms with Gasteiger partial charge in [-0.2, -0.15) is 5.10 Å². The highest BCUT2D eigenvalue weighted by molar-refractivity contribution is 4.99. The first-order valence-electron chi connectivity index (χ1n) is 3.81. The topological polar surface area (TPSA) is 38.0 Å². The summed E-state index contributed by atoms with van der Waals surface area (Å²) in [5.41, 5.74) is 1.05. The third kappa shape index (κ3) is 2.35. The van der Waals surface area contributed by atoms with Gasteiger partial charge in [0.1, 0.15) is 0 Å². The summed E-state index contributed by atoms with van der Waals surface area (Å²) in [4.78, 5) is 0. The molecule has 1 heterocycles. The second-order valence-corrected chi connectivity index (χ2v) is 2.97. The summed E-state index contributed by atoms with van der Waals surface area (Å²) in [6.45, 7) is 2.24. The van der Waals surface area contributed by atoms with Gasteiger partial charge >= 0.3 is 0 Å². The molecule has 3 heteroatoms. The van der Waals surface area contributed by atoms with Crippen molar-refractivity contribution < 1.29 is 5.11 Å². The molecule has 0 amide bonds. The lowest BCUT2D eigenvalue weighted by Crippen LogP contribution is -2.05. The van der Waals surface area contributed by atoms with Crippen molar-refractivity contribution in [3.8, 4) is 0 Å². The van der Waals surface area contributed by atoms with Gasteiger partial charge in [0.05, 0.1) is 5.69 Å². The molecule has 0 saturated carbocycles. The van der Waals surface area contributed by atoms with E-state index in [0.717, 1.165) is 12.1 Å². The molecule has 1 aromatic rings. The first kappa shape index (κ1) is 8.27. The monoisotopic (exact) mass is 154 g/mol. The normalized spacial score (nSPS) is 13.4. The van der Waals surface area contributed by atoms with Crippen molar-refractivity contribution in [1.29, 1.82) is 0 Å². The third-order valence-electron chi connectivity index (χ3n) is 1.64. The zero-order valence-electron chi connectivity index (χ0n) is 6.99. The molecule has 62 valence electrons. The Kier molecular flexibility index (Phi) is 2.65. The number of aromatic nitrogens is 2. The van der Waals surface area contributed by atoms with Gasteiger partial charge in [0, 0.05) is 19.9 Å². The first-order chi connectivity index (χ1) is 5.22. The van der Waals surface area contributed by atoms with E-state index < -0.39 is 0 Å². The van der Waals surface area contributed by atoms with Gasteiger partial charge in [-0.25, -0.2) is 0 Å². The average molecular weight is 154 g/mol. The first-order valence-corrected chi connectivity index (χ1v) is 3.81. The Labute approximate surface area is 66.7 Å². The Balaban J connectivity index is 2.50. The summed E-state index contributed by atoms with van der Waals surface area (Å²) >= 11 is 0. The van der Waals surface area contributed by atoms with Crippen molar-refractivity contribution in [2.75, 3.05) is 6.61 Å². The lowest BCUT2D eigenvalue weighted by atomic mass is 10.1. The van der Waals surface area contributed by atoms with Crippen LogP contribution in [0.4, 0.5) is 0 Å². The van der Waals surface area contributed by atoms with Gasteiger partial charge in [0.15, 0.2) is 0 Å². The predicted octanol–water partition coefficient (Wildman–Crippen LogP) is 0.591. The van der Waals surface area contributed by atoms with E-state index in [-0.39, 0.29) is 6.61 Å². The van der Waals surface area contributed by atoms with Crippen molar-refractivity contribution in [1.82, 2.24) is 9.78 Å². The molecule has 1 N–H and O–H groups in total. The van der Waals surface area contributed by atoms with Gasteiger partial charge in [-0.1, -0.05) is 6.92 Å². The van der Waals surface area contributed by atoms with Crippen LogP contribution in [0.15, 0.2) is 12.3 Å². The minimum absolute atomic E-state index is 0.233. The minimum Gasteiger partial charge on any atom is -0.396 e. The van der Waals surface area contributed by atoms with E-state index in [1.807, 2.05) is 26.2 Å². The van der Waals surface area contributed by atoms with Gasteiger partial charge in [0.2, 0.25) is 0 Å². The van der Waals surface area contributed by atoms with Gasteiger partial charge < -0.3 is 5.11 Å². The fourth-order valence-corrected chi connectivity index (χ4v) is 0.994. The van der Waals surface area contributed by atoms with Gasteiger partial charge in [-0.15, -0.1) is 0 Å². The van der Waals surface area contributed by atoms with Gasteiger partial charge in [-0.3, -0.25) is 4.68 Å². The van der Waals surface area contributed by atoms with E-state index in [1.54, 1.807) is 4.68 Å². The Morgan fingerprint density at radius 1 is 1.73 bits per heavy atom. The summed E-state index contributed by atoms with van der Waals surface area (Å²) in [7, 11) is 1.90. The highest BCUT2D eigenvalue weighted by Crippen LogP contribution is 2.04. The Hall–Kier alpha value is -0.830. The summed E-state index contributed by atoms with van der Waals surface area (Å²) in [5.74, 6) is 0.310. The van der Waals surface area contributed by atoms with Crippen LogP contribution >= 0.6 is 0 Å². The van der Waals surface area contributed by atoms with Crippen molar-refractivity contribution in [3.63, 3.8) is 0 Å². The zero-order chi connectivity index (χ0) is 8.27. The van der Waals surface area contributed by atoms with Crippen LogP contribution in [-0.2, 0) is 13.5 Å². The number of aryl methyl sites for hydroxylation is 1. The predicted molar refractivity (Wildman–Crippen MR) is 43.2 cm³/mol. The zero-order valence-corrected chi connectivity index (χ0v) is 6.99. The summed E-state index contributed by atoms with van der Waals surface area (Å²) in [6.07, 6.45) is 2.77. The van der Waals surface area contributed by atoms with Crippen molar-refractivity contribution >= 4 is 0 Å². The van der Waals surface area contributed by atoms with E-state index in [9.17, 15) is 0 Å². The molecule has 0 aliphatic heterocycles. The standard InChI is InChI=1S/C8H14N2O/c1-7(6-11)5-8-3-4-10(2)9-8/h3-4,7,11H,5-6H2,1-2H3. The van der Waals surface area contributed by atoms with Crippen LogP contribution in [0.25, 0.3) is 0 Å². The van der Waals surface area contributed by atoms with Crippen LogP contribution in [0.5, 0.6) is 0 Å². The molecule has 0 radical (unpaired) electrons. The van der Waals surface area contributed by atoms with Crippen LogP contribution in [0, 0.1) is 5.92 Å². The number of nitrogens with zero attached hydrogens (tertiary/aromatic N) is 2. The molecule has 0 spiro atoms. The molecule has 0 aliphatic carbocycles. The Morgan fingerprint density at radius 2 is 2.45 bits per heavy atom. The smallest absolute Gasteiger partial charge is 0.0628 e. The molecule has 1 aromatic heterocycles. The lowest BCUT2D eigenvalue weighted by Gasteiger charge is -2.03. The number of aliphatic hydroxyl groups is 1. The largest absolute Gasteiger partial charge is 0.396 e. The highest BCUT2D eigenvalue weighted by atomic mass is 16.3. The molecular formula is C8H14N2O. The van der Waals surface area contributed by atoms with Gasteiger partial charge in [-0.05, 0) is 18.4 Å². The molecule has 0 aliphatic rings. The number of hydrogen-bond donors (Lipinski definition) is 1. The number of aliphatic hydroxyl groups excluding tert-OH is 1. The third-order valence-corrected chi connectivity index (χ3v) is 1.64. The fourth-order valence-electron chi connectivity index (χ4n) is 0.994. The molecule has 0 saturated heterocycles. The van der Waals surface area contributed by atoms with Crippen LogP contribution in [-0.4, -0.2) is 21.5 Å². The molecule has 3 nitrogen and oxygen atoms in total. The Morgan fingerprint density at radius 3 is 2.91 bits per heavy atom. The van der Waals surface area contributed by atoms with E-state index in [1.165, 1.54) is 0 Å². The fraction of sp³-hybridized carbons (Fsp3) is 0.625. The maximum atomic E-state index is 8.77. The summed E-state index contributed by atoms with van der Waals surface area (Å²) in [5, 5.41) is 13.0. The maximum absolute atomic E-state index is 8.77.